The Morgan fingerprint density at radius 3 is 2.13 bits per heavy atom. The smallest absolute Gasteiger partial charge is 0.416 e. The molecule has 2 N–H and O–H groups in total. The maximum absolute atomic E-state index is 12.6. The fourth-order valence-electron chi connectivity index (χ4n) is 2.44. The first-order valence-electron chi connectivity index (χ1n) is 9.31. The average Bonchev–Trinajstić information content (AvgIpc) is 2.71. The highest BCUT2D eigenvalue weighted by atomic mass is 127. The Balaban J connectivity index is 0.00000450. The first-order chi connectivity index (χ1) is 13.9. The van der Waals surface area contributed by atoms with Gasteiger partial charge in [-0.1, -0.05) is 24.3 Å². The number of rotatable bonds is 9. The van der Waals surface area contributed by atoms with Crippen molar-refractivity contribution in [1.82, 2.24) is 10.6 Å². The summed E-state index contributed by atoms with van der Waals surface area (Å²) in [6, 6.07) is 12.7. The molecule has 2 aromatic carbocycles. The number of benzene rings is 2. The molecule has 0 unspecified atom stereocenters. The Hall–Kier alpha value is -2.01. The van der Waals surface area contributed by atoms with Crippen molar-refractivity contribution in [2.24, 2.45) is 4.99 Å². The zero-order valence-electron chi connectivity index (χ0n) is 17.0. The summed E-state index contributed by atoms with van der Waals surface area (Å²) in [7, 11) is 1.62. The number of aliphatic imine (C=N–C) groups is 1. The van der Waals surface area contributed by atoms with Gasteiger partial charge in [0.15, 0.2) is 5.96 Å². The third kappa shape index (κ3) is 9.21. The highest BCUT2D eigenvalue weighted by Crippen LogP contribution is 2.29. The third-order valence-corrected chi connectivity index (χ3v) is 3.98. The van der Waals surface area contributed by atoms with Crippen molar-refractivity contribution in [2.75, 3.05) is 26.9 Å². The first-order valence-corrected chi connectivity index (χ1v) is 9.31. The molecule has 30 heavy (non-hydrogen) atoms. The second-order valence-electron chi connectivity index (χ2n) is 6.23. The topological polar surface area (TPSA) is 54.9 Å². The number of ether oxygens (including phenoxy) is 2. The van der Waals surface area contributed by atoms with Crippen molar-refractivity contribution < 1.29 is 22.6 Å². The first kappa shape index (κ1) is 26.0. The number of nitrogens with zero attached hydrogens (tertiary/aromatic N) is 1. The molecular weight excluding hydrogens is 510 g/mol. The van der Waals surface area contributed by atoms with Crippen LogP contribution in [-0.4, -0.2) is 32.8 Å². The minimum atomic E-state index is -4.33. The van der Waals surface area contributed by atoms with Crippen LogP contribution in [0, 0.1) is 0 Å². The summed E-state index contributed by atoms with van der Waals surface area (Å²) in [4.78, 5) is 4.51. The molecule has 0 amide bonds. The normalized spacial score (nSPS) is 11.6. The Kier molecular flexibility index (Phi) is 11.6. The Bertz CT molecular complexity index is 767. The van der Waals surface area contributed by atoms with Crippen molar-refractivity contribution in [3.63, 3.8) is 0 Å². The minimum Gasteiger partial charge on any atom is -0.491 e. The van der Waals surface area contributed by atoms with Gasteiger partial charge in [-0.3, -0.25) is 0 Å². The summed E-state index contributed by atoms with van der Waals surface area (Å²) < 4.78 is 48.4. The number of hydrogen-bond donors (Lipinski definition) is 2. The molecule has 166 valence electrons. The molecule has 9 heteroatoms. The highest BCUT2D eigenvalue weighted by molar-refractivity contribution is 14.0. The predicted molar refractivity (Wildman–Crippen MR) is 122 cm³/mol. The van der Waals surface area contributed by atoms with Crippen LogP contribution in [0.1, 0.15) is 23.6 Å². The van der Waals surface area contributed by atoms with E-state index in [2.05, 4.69) is 15.6 Å². The quantitative estimate of drug-likeness (QED) is 0.213. The van der Waals surface area contributed by atoms with Crippen LogP contribution < -0.4 is 15.4 Å². The van der Waals surface area contributed by atoms with Crippen molar-refractivity contribution in [3.05, 3.63) is 65.2 Å². The second kappa shape index (κ2) is 13.3. The number of hydrogen-bond acceptors (Lipinski definition) is 3. The van der Waals surface area contributed by atoms with E-state index in [0.717, 1.165) is 29.0 Å². The molecule has 2 aromatic rings. The number of nitrogens with one attached hydrogen (secondary N) is 2. The van der Waals surface area contributed by atoms with E-state index in [1.807, 2.05) is 31.2 Å². The summed E-state index contributed by atoms with van der Waals surface area (Å²) in [6.45, 7) is 4.47. The zero-order valence-corrected chi connectivity index (χ0v) is 19.3. The molecule has 0 aliphatic rings. The highest BCUT2D eigenvalue weighted by Gasteiger charge is 2.29. The van der Waals surface area contributed by atoms with Gasteiger partial charge in [-0.15, -0.1) is 24.0 Å². The molecule has 0 bridgehead atoms. The van der Waals surface area contributed by atoms with Crippen LogP contribution in [0.15, 0.2) is 53.5 Å². The van der Waals surface area contributed by atoms with Crippen molar-refractivity contribution in [3.8, 4) is 5.75 Å². The fraction of sp³-hybridized carbons (Fsp3) is 0.381. The number of halogens is 4. The molecule has 0 saturated heterocycles. The molecule has 5 nitrogen and oxygen atoms in total. The van der Waals surface area contributed by atoms with Gasteiger partial charge in [-0.25, -0.2) is 4.99 Å². The van der Waals surface area contributed by atoms with Crippen molar-refractivity contribution in [2.45, 2.75) is 26.2 Å². The molecule has 0 aliphatic carbocycles. The van der Waals surface area contributed by atoms with Gasteiger partial charge in [0, 0.05) is 20.2 Å². The van der Waals surface area contributed by atoms with E-state index in [4.69, 9.17) is 9.47 Å². The monoisotopic (exact) mass is 537 g/mol. The molecule has 0 spiro atoms. The third-order valence-electron chi connectivity index (χ3n) is 3.98. The Labute approximate surface area is 192 Å². The van der Waals surface area contributed by atoms with Crippen LogP contribution in [-0.2, 0) is 24.0 Å². The van der Waals surface area contributed by atoms with E-state index in [1.165, 1.54) is 12.1 Å². The lowest BCUT2D eigenvalue weighted by Crippen LogP contribution is -2.36. The summed E-state index contributed by atoms with van der Waals surface area (Å²) in [6.07, 6.45) is -4.33. The molecule has 0 saturated carbocycles. The summed E-state index contributed by atoms with van der Waals surface area (Å²) in [5.41, 5.74) is 1.09. The maximum Gasteiger partial charge on any atom is 0.416 e. The number of guanidine groups is 1. The van der Waals surface area contributed by atoms with Crippen LogP contribution >= 0.6 is 24.0 Å². The lowest BCUT2D eigenvalue weighted by Gasteiger charge is -2.12. The largest absolute Gasteiger partial charge is 0.491 e. The molecule has 0 aliphatic heterocycles. The number of alkyl halides is 3. The summed E-state index contributed by atoms with van der Waals surface area (Å²) >= 11 is 0. The second-order valence-corrected chi connectivity index (χ2v) is 6.23. The molecular formula is C21H27F3IN3O2. The average molecular weight is 537 g/mol. The van der Waals surface area contributed by atoms with Gasteiger partial charge in [-0.05, 0) is 42.3 Å². The van der Waals surface area contributed by atoms with Gasteiger partial charge in [0.25, 0.3) is 0 Å². The SMILES string of the molecule is CCNC(=NCc1ccc(OCCOC)cc1)NCc1ccc(C(F)(F)F)cc1.I. The van der Waals surface area contributed by atoms with Crippen LogP contribution in [0.25, 0.3) is 0 Å². The van der Waals surface area contributed by atoms with E-state index >= 15 is 0 Å². The maximum atomic E-state index is 12.6. The molecule has 0 fully saturated rings. The van der Waals surface area contributed by atoms with Crippen molar-refractivity contribution >= 4 is 29.9 Å². The van der Waals surface area contributed by atoms with Gasteiger partial charge in [0.1, 0.15) is 12.4 Å². The predicted octanol–water partition coefficient (Wildman–Crippen LogP) is 4.60. The standard InChI is InChI=1S/C21H26F3N3O2.HI/c1-3-25-20(26-14-16-4-8-18(9-5-16)21(22,23)24)27-15-17-6-10-19(11-7-17)29-13-12-28-2;/h4-11H,3,12-15H2,1-2H3,(H2,25,26,27);1H. The van der Waals surface area contributed by atoms with Gasteiger partial charge in [-0.2, -0.15) is 13.2 Å². The van der Waals surface area contributed by atoms with Crippen LogP contribution in [0.4, 0.5) is 13.2 Å². The van der Waals surface area contributed by atoms with Crippen molar-refractivity contribution in [1.29, 1.82) is 0 Å². The van der Waals surface area contributed by atoms with E-state index < -0.39 is 11.7 Å². The van der Waals surface area contributed by atoms with Gasteiger partial charge in [0.2, 0.25) is 0 Å². The molecule has 0 radical (unpaired) electrons. The van der Waals surface area contributed by atoms with E-state index in [0.29, 0.717) is 38.8 Å². The van der Waals surface area contributed by atoms with Gasteiger partial charge < -0.3 is 20.1 Å². The summed E-state index contributed by atoms with van der Waals surface area (Å²) in [5, 5.41) is 6.25. The molecule has 2 rings (SSSR count). The number of methoxy groups -OCH3 is 1. The lowest BCUT2D eigenvalue weighted by atomic mass is 10.1. The molecule has 0 atom stereocenters. The summed E-state index contributed by atoms with van der Waals surface area (Å²) in [5.74, 6) is 1.36. The Morgan fingerprint density at radius 1 is 0.933 bits per heavy atom. The van der Waals surface area contributed by atoms with E-state index in [-0.39, 0.29) is 24.0 Å². The zero-order chi connectivity index (χ0) is 21.1. The van der Waals surface area contributed by atoms with Crippen LogP contribution in [0.3, 0.4) is 0 Å². The van der Waals surface area contributed by atoms with Crippen LogP contribution in [0.2, 0.25) is 0 Å². The van der Waals surface area contributed by atoms with Gasteiger partial charge >= 0.3 is 6.18 Å². The van der Waals surface area contributed by atoms with Crippen LogP contribution in [0.5, 0.6) is 5.75 Å². The lowest BCUT2D eigenvalue weighted by molar-refractivity contribution is -0.137. The van der Waals surface area contributed by atoms with E-state index in [1.54, 1.807) is 7.11 Å². The molecule has 0 aromatic heterocycles. The fourth-order valence-corrected chi connectivity index (χ4v) is 2.44. The molecule has 0 heterocycles. The van der Waals surface area contributed by atoms with Gasteiger partial charge in [0.05, 0.1) is 18.7 Å². The minimum absolute atomic E-state index is 0. The Morgan fingerprint density at radius 2 is 1.57 bits per heavy atom. The van der Waals surface area contributed by atoms with E-state index in [9.17, 15) is 13.2 Å².